The number of carbonyl (C=O) groups excluding carboxylic acids is 1. The van der Waals surface area contributed by atoms with Gasteiger partial charge in [-0.15, -0.1) is 0 Å². The molecule has 1 aromatic heterocycles. The molecule has 0 aliphatic carbocycles. The number of nitrogens with zero attached hydrogens (tertiary/aromatic N) is 1. The monoisotopic (exact) mass is 305 g/mol. The fraction of sp³-hybridized carbons (Fsp3) is 0.375. The molecular formula is C16H20FN3O2. The van der Waals surface area contributed by atoms with Crippen molar-refractivity contribution in [3.63, 3.8) is 0 Å². The van der Waals surface area contributed by atoms with E-state index in [4.69, 9.17) is 0 Å². The van der Waals surface area contributed by atoms with Crippen molar-refractivity contribution < 1.29 is 14.3 Å². The van der Waals surface area contributed by atoms with Gasteiger partial charge in [0.2, 0.25) is 0 Å². The third-order valence-corrected chi connectivity index (χ3v) is 3.52. The highest BCUT2D eigenvalue weighted by Crippen LogP contribution is 2.23. The number of aliphatic hydroxyl groups is 1. The lowest BCUT2D eigenvalue weighted by Gasteiger charge is -2.14. The van der Waals surface area contributed by atoms with Gasteiger partial charge < -0.3 is 10.4 Å². The highest BCUT2D eigenvalue weighted by molar-refractivity contribution is 5.99. The van der Waals surface area contributed by atoms with Crippen LogP contribution in [-0.4, -0.2) is 33.9 Å². The first-order valence-corrected chi connectivity index (χ1v) is 7.25. The molecule has 0 aliphatic heterocycles. The molecule has 0 aliphatic rings. The van der Waals surface area contributed by atoms with Gasteiger partial charge in [0.25, 0.3) is 5.91 Å². The molecule has 0 saturated carbocycles. The number of H-pyrrole nitrogens is 1. The summed E-state index contributed by atoms with van der Waals surface area (Å²) in [5, 5.41) is 18.9. The number of carbonyl (C=O) groups is 1. The minimum atomic E-state index is -0.462. The Balaban J connectivity index is 2.06. The average molecular weight is 305 g/mol. The van der Waals surface area contributed by atoms with Gasteiger partial charge in [-0.25, -0.2) is 4.39 Å². The van der Waals surface area contributed by atoms with E-state index in [1.807, 2.05) is 13.8 Å². The molecule has 0 saturated heterocycles. The number of hydrogen-bond acceptors (Lipinski definition) is 3. The molecule has 2 rings (SSSR count). The van der Waals surface area contributed by atoms with Gasteiger partial charge >= 0.3 is 0 Å². The summed E-state index contributed by atoms with van der Waals surface area (Å²) in [6.07, 6.45) is 1.38. The first-order chi connectivity index (χ1) is 10.5. The Morgan fingerprint density at radius 3 is 2.82 bits per heavy atom. The van der Waals surface area contributed by atoms with Crippen LogP contribution in [0.2, 0.25) is 0 Å². The highest BCUT2D eigenvalue weighted by atomic mass is 19.1. The van der Waals surface area contributed by atoms with Crippen LogP contribution in [0.4, 0.5) is 4.39 Å². The SMILES string of the molecule is CC(C)C(O)CCNC(=O)c1cn[nH]c1-c1ccccc1F. The van der Waals surface area contributed by atoms with Crippen molar-refractivity contribution in [2.24, 2.45) is 5.92 Å². The van der Waals surface area contributed by atoms with Gasteiger partial charge in [-0.05, 0) is 24.5 Å². The molecule has 1 heterocycles. The summed E-state index contributed by atoms with van der Waals surface area (Å²) in [6, 6.07) is 6.20. The Labute approximate surface area is 128 Å². The quantitative estimate of drug-likeness (QED) is 0.766. The predicted octanol–water partition coefficient (Wildman–Crippen LogP) is 2.35. The summed E-state index contributed by atoms with van der Waals surface area (Å²) in [4.78, 5) is 12.2. The van der Waals surface area contributed by atoms with Gasteiger partial charge in [-0.1, -0.05) is 26.0 Å². The van der Waals surface area contributed by atoms with Crippen LogP contribution < -0.4 is 5.32 Å². The maximum Gasteiger partial charge on any atom is 0.255 e. The van der Waals surface area contributed by atoms with Crippen molar-refractivity contribution in [3.05, 3.63) is 41.8 Å². The summed E-state index contributed by atoms with van der Waals surface area (Å²) < 4.78 is 13.8. The van der Waals surface area contributed by atoms with Gasteiger partial charge in [0.15, 0.2) is 0 Å². The zero-order valence-corrected chi connectivity index (χ0v) is 12.6. The summed E-state index contributed by atoms with van der Waals surface area (Å²) >= 11 is 0. The van der Waals surface area contributed by atoms with E-state index >= 15 is 0 Å². The average Bonchev–Trinajstić information content (AvgIpc) is 2.96. The summed E-state index contributed by atoms with van der Waals surface area (Å²) in [5.41, 5.74) is 0.927. The van der Waals surface area contributed by atoms with Crippen molar-refractivity contribution in [1.29, 1.82) is 0 Å². The number of rotatable bonds is 6. The number of halogens is 1. The van der Waals surface area contributed by atoms with Crippen LogP contribution in [-0.2, 0) is 0 Å². The molecule has 0 bridgehead atoms. The standard InChI is InChI=1S/C16H20FN3O2/c1-10(2)14(21)7-8-18-16(22)12-9-19-20-15(12)11-5-3-4-6-13(11)17/h3-6,9-10,14,21H,7-8H2,1-2H3,(H,18,22)(H,19,20). The Morgan fingerprint density at radius 2 is 2.14 bits per heavy atom. The second kappa shape index (κ2) is 7.17. The summed E-state index contributed by atoms with van der Waals surface area (Å²) in [6.45, 7) is 4.18. The molecule has 22 heavy (non-hydrogen) atoms. The molecule has 0 fully saturated rings. The second-order valence-corrected chi connectivity index (χ2v) is 5.49. The zero-order chi connectivity index (χ0) is 16.1. The van der Waals surface area contributed by atoms with Crippen molar-refractivity contribution in [3.8, 4) is 11.3 Å². The number of benzene rings is 1. The van der Waals surface area contributed by atoms with Crippen LogP contribution in [0.25, 0.3) is 11.3 Å². The van der Waals surface area contributed by atoms with Crippen LogP contribution in [0, 0.1) is 11.7 Å². The minimum Gasteiger partial charge on any atom is -0.393 e. The number of aromatic nitrogens is 2. The Morgan fingerprint density at radius 1 is 1.41 bits per heavy atom. The minimum absolute atomic E-state index is 0.139. The van der Waals surface area contributed by atoms with E-state index in [1.54, 1.807) is 18.2 Å². The fourth-order valence-corrected chi connectivity index (χ4v) is 2.09. The number of aromatic amines is 1. The topological polar surface area (TPSA) is 78.0 Å². The van der Waals surface area contributed by atoms with E-state index in [0.29, 0.717) is 24.2 Å². The fourth-order valence-electron chi connectivity index (χ4n) is 2.09. The number of hydrogen-bond donors (Lipinski definition) is 3. The molecule has 6 heteroatoms. The van der Waals surface area contributed by atoms with Crippen LogP contribution in [0.1, 0.15) is 30.6 Å². The molecule has 3 N–H and O–H groups in total. The Bertz CT molecular complexity index is 640. The summed E-state index contributed by atoms with van der Waals surface area (Å²) in [7, 11) is 0. The van der Waals surface area contributed by atoms with Gasteiger partial charge in [-0.3, -0.25) is 9.89 Å². The molecule has 1 unspecified atom stereocenters. The molecular weight excluding hydrogens is 285 g/mol. The maximum absolute atomic E-state index is 13.8. The van der Waals surface area contributed by atoms with E-state index in [-0.39, 0.29) is 17.4 Å². The van der Waals surface area contributed by atoms with E-state index in [2.05, 4.69) is 15.5 Å². The third kappa shape index (κ3) is 3.71. The van der Waals surface area contributed by atoms with Gasteiger partial charge in [-0.2, -0.15) is 5.10 Å². The number of amides is 1. The van der Waals surface area contributed by atoms with E-state index in [0.717, 1.165) is 0 Å². The largest absolute Gasteiger partial charge is 0.393 e. The lowest BCUT2D eigenvalue weighted by Crippen LogP contribution is -2.28. The normalized spacial score (nSPS) is 12.4. The molecule has 1 amide bonds. The van der Waals surface area contributed by atoms with Crippen LogP contribution >= 0.6 is 0 Å². The van der Waals surface area contributed by atoms with Crippen molar-refractivity contribution in [2.75, 3.05) is 6.54 Å². The van der Waals surface area contributed by atoms with Crippen molar-refractivity contribution >= 4 is 5.91 Å². The molecule has 1 aromatic carbocycles. The molecule has 0 radical (unpaired) electrons. The van der Waals surface area contributed by atoms with Gasteiger partial charge in [0, 0.05) is 12.1 Å². The number of nitrogens with one attached hydrogen (secondary N) is 2. The van der Waals surface area contributed by atoms with Crippen LogP contribution in [0.15, 0.2) is 30.5 Å². The first-order valence-electron chi connectivity index (χ1n) is 7.25. The van der Waals surface area contributed by atoms with Gasteiger partial charge in [0.1, 0.15) is 5.82 Å². The smallest absolute Gasteiger partial charge is 0.255 e. The predicted molar refractivity (Wildman–Crippen MR) is 81.8 cm³/mol. The summed E-state index contributed by atoms with van der Waals surface area (Å²) in [5.74, 6) is -0.626. The van der Waals surface area contributed by atoms with E-state index < -0.39 is 11.9 Å². The van der Waals surface area contributed by atoms with Crippen LogP contribution in [0.5, 0.6) is 0 Å². The van der Waals surface area contributed by atoms with Crippen molar-refractivity contribution in [2.45, 2.75) is 26.4 Å². The van der Waals surface area contributed by atoms with Crippen molar-refractivity contribution in [1.82, 2.24) is 15.5 Å². The Kier molecular flexibility index (Phi) is 5.27. The van der Waals surface area contributed by atoms with Gasteiger partial charge in [0.05, 0.1) is 23.6 Å². The lowest BCUT2D eigenvalue weighted by molar-refractivity contribution is 0.0921. The van der Waals surface area contributed by atoms with Crippen LogP contribution in [0.3, 0.4) is 0 Å². The third-order valence-electron chi connectivity index (χ3n) is 3.52. The zero-order valence-electron chi connectivity index (χ0n) is 12.6. The van der Waals surface area contributed by atoms with E-state index in [9.17, 15) is 14.3 Å². The number of aliphatic hydroxyl groups excluding tert-OH is 1. The molecule has 5 nitrogen and oxygen atoms in total. The second-order valence-electron chi connectivity index (χ2n) is 5.49. The molecule has 118 valence electrons. The first kappa shape index (κ1) is 16.2. The lowest BCUT2D eigenvalue weighted by atomic mass is 10.0. The molecule has 0 spiro atoms. The maximum atomic E-state index is 13.8. The Hall–Kier alpha value is -2.21. The molecule has 2 aromatic rings. The highest BCUT2D eigenvalue weighted by Gasteiger charge is 2.18. The van der Waals surface area contributed by atoms with E-state index in [1.165, 1.54) is 12.3 Å². The molecule has 1 atom stereocenters.